The van der Waals surface area contributed by atoms with Crippen molar-refractivity contribution in [2.24, 2.45) is 11.7 Å². The lowest BCUT2D eigenvalue weighted by Gasteiger charge is -2.31. The minimum Gasteiger partial charge on any atom is -0.329 e. The third-order valence-corrected chi connectivity index (χ3v) is 3.25. The van der Waals surface area contributed by atoms with Crippen LogP contribution in [0.15, 0.2) is 0 Å². The zero-order valence-corrected chi connectivity index (χ0v) is 9.13. The molecule has 0 aromatic rings. The molecule has 0 saturated carbocycles. The standard InChI is InChI=1S/C11H24N2/c1-3-6-10(2)11(9-12)13-7-4-5-8-13/h10-11H,3-9,12H2,1-2H3. The molecule has 1 saturated heterocycles. The van der Waals surface area contributed by atoms with Crippen LogP contribution in [0, 0.1) is 5.92 Å². The van der Waals surface area contributed by atoms with Crippen LogP contribution in [0.25, 0.3) is 0 Å². The molecule has 2 N–H and O–H groups in total. The maximum absolute atomic E-state index is 5.84. The fourth-order valence-electron chi connectivity index (χ4n) is 2.46. The summed E-state index contributed by atoms with van der Waals surface area (Å²) in [6.07, 6.45) is 5.34. The summed E-state index contributed by atoms with van der Waals surface area (Å²) in [5, 5.41) is 0. The minimum atomic E-state index is 0.641. The third-order valence-electron chi connectivity index (χ3n) is 3.25. The highest BCUT2D eigenvalue weighted by Crippen LogP contribution is 2.20. The number of hydrogen-bond acceptors (Lipinski definition) is 2. The van der Waals surface area contributed by atoms with E-state index in [1.54, 1.807) is 0 Å². The van der Waals surface area contributed by atoms with Gasteiger partial charge in [0.15, 0.2) is 0 Å². The Morgan fingerprint density at radius 1 is 1.31 bits per heavy atom. The van der Waals surface area contributed by atoms with Crippen molar-refractivity contribution in [3.63, 3.8) is 0 Å². The highest BCUT2D eigenvalue weighted by Gasteiger charge is 2.24. The molecule has 1 heterocycles. The van der Waals surface area contributed by atoms with Gasteiger partial charge in [0.25, 0.3) is 0 Å². The first-order valence-electron chi connectivity index (χ1n) is 5.73. The molecule has 2 unspecified atom stereocenters. The molecule has 1 aliphatic rings. The molecule has 0 aromatic carbocycles. The summed E-state index contributed by atoms with van der Waals surface area (Å²) >= 11 is 0. The molecule has 2 nitrogen and oxygen atoms in total. The highest BCUT2D eigenvalue weighted by atomic mass is 15.2. The number of hydrogen-bond donors (Lipinski definition) is 1. The van der Waals surface area contributed by atoms with Gasteiger partial charge in [-0.25, -0.2) is 0 Å². The van der Waals surface area contributed by atoms with Crippen LogP contribution < -0.4 is 5.73 Å². The Bertz CT molecular complexity index is 130. The molecule has 0 amide bonds. The lowest BCUT2D eigenvalue weighted by Crippen LogP contribution is -2.43. The molecule has 78 valence electrons. The Morgan fingerprint density at radius 2 is 1.92 bits per heavy atom. The van der Waals surface area contributed by atoms with E-state index in [1.807, 2.05) is 0 Å². The summed E-state index contributed by atoms with van der Waals surface area (Å²) in [4.78, 5) is 2.58. The zero-order chi connectivity index (χ0) is 9.68. The molecule has 0 spiro atoms. The minimum absolute atomic E-state index is 0.641. The van der Waals surface area contributed by atoms with Crippen molar-refractivity contribution in [3.05, 3.63) is 0 Å². The Morgan fingerprint density at radius 3 is 2.38 bits per heavy atom. The molecular formula is C11H24N2. The van der Waals surface area contributed by atoms with Crippen LogP contribution in [0.4, 0.5) is 0 Å². The van der Waals surface area contributed by atoms with Gasteiger partial charge in [-0.15, -0.1) is 0 Å². The van der Waals surface area contributed by atoms with Crippen molar-refractivity contribution in [2.45, 2.75) is 45.6 Å². The van der Waals surface area contributed by atoms with Crippen molar-refractivity contribution >= 4 is 0 Å². The maximum atomic E-state index is 5.84. The van der Waals surface area contributed by atoms with Crippen molar-refractivity contribution in [1.82, 2.24) is 4.90 Å². The Hall–Kier alpha value is -0.0800. The van der Waals surface area contributed by atoms with Crippen LogP contribution in [-0.2, 0) is 0 Å². The molecular weight excluding hydrogens is 160 g/mol. The van der Waals surface area contributed by atoms with E-state index < -0.39 is 0 Å². The van der Waals surface area contributed by atoms with E-state index in [2.05, 4.69) is 18.7 Å². The van der Waals surface area contributed by atoms with E-state index in [0.29, 0.717) is 6.04 Å². The van der Waals surface area contributed by atoms with E-state index >= 15 is 0 Å². The summed E-state index contributed by atoms with van der Waals surface area (Å²) in [6, 6.07) is 0.641. The molecule has 0 aliphatic carbocycles. The fraction of sp³-hybridized carbons (Fsp3) is 1.00. The van der Waals surface area contributed by atoms with Gasteiger partial charge in [-0.05, 0) is 38.3 Å². The van der Waals surface area contributed by atoms with Gasteiger partial charge in [-0.3, -0.25) is 4.90 Å². The monoisotopic (exact) mass is 184 g/mol. The van der Waals surface area contributed by atoms with Gasteiger partial charge in [-0.1, -0.05) is 20.3 Å². The molecule has 0 radical (unpaired) electrons. The summed E-state index contributed by atoms with van der Waals surface area (Å²) in [5.74, 6) is 0.771. The van der Waals surface area contributed by atoms with E-state index in [4.69, 9.17) is 5.73 Å². The van der Waals surface area contributed by atoms with Gasteiger partial charge in [0.1, 0.15) is 0 Å². The van der Waals surface area contributed by atoms with Crippen molar-refractivity contribution in [2.75, 3.05) is 19.6 Å². The average Bonchev–Trinajstić information content (AvgIpc) is 2.59. The van der Waals surface area contributed by atoms with Crippen LogP contribution in [0.3, 0.4) is 0 Å². The summed E-state index contributed by atoms with van der Waals surface area (Å²) in [6.45, 7) is 7.99. The molecule has 0 bridgehead atoms. The number of rotatable bonds is 5. The van der Waals surface area contributed by atoms with Crippen molar-refractivity contribution < 1.29 is 0 Å². The normalized spacial score (nSPS) is 23.3. The summed E-state index contributed by atoms with van der Waals surface area (Å²) in [5.41, 5.74) is 5.84. The van der Waals surface area contributed by atoms with Crippen molar-refractivity contribution in [3.8, 4) is 0 Å². The van der Waals surface area contributed by atoms with Crippen LogP contribution in [0.1, 0.15) is 39.5 Å². The fourth-order valence-corrected chi connectivity index (χ4v) is 2.46. The first-order valence-corrected chi connectivity index (χ1v) is 5.73. The number of nitrogens with zero attached hydrogens (tertiary/aromatic N) is 1. The molecule has 2 atom stereocenters. The third kappa shape index (κ3) is 2.96. The Balaban J connectivity index is 2.39. The van der Waals surface area contributed by atoms with Gasteiger partial charge in [-0.2, -0.15) is 0 Å². The van der Waals surface area contributed by atoms with Crippen molar-refractivity contribution in [1.29, 1.82) is 0 Å². The highest BCUT2D eigenvalue weighted by molar-refractivity contribution is 4.80. The molecule has 1 aliphatic heterocycles. The molecule has 1 rings (SSSR count). The van der Waals surface area contributed by atoms with Gasteiger partial charge in [0.05, 0.1) is 0 Å². The van der Waals surface area contributed by atoms with E-state index in [0.717, 1.165) is 12.5 Å². The second-order valence-corrected chi connectivity index (χ2v) is 4.31. The summed E-state index contributed by atoms with van der Waals surface area (Å²) in [7, 11) is 0. The predicted molar refractivity (Wildman–Crippen MR) is 57.7 cm³/mol. The zero-order valence-electron chi connectivity index (χ0n) is 9.13. The van der Waals surface area contributed by atoms with Gasteiger partial charge < -0.3 is 5.73 Å². The topological polar surface area (TPSA) is 29.3 Å². The molecule has 2 heteroatoms. The van der Waals surface area contributed by atoms with Gasteiger partial charge in [0.2, 0.25) is 0 Å². The predicted octanol–water partition coefficient (Wildman–Crippen LogP) is 1.85. The smallest absolute Gasteiger partial charge is 0.0243 e. The number of nitrogens with two attached hydrogens (primary N) is 1. The first kappa shape index (κ1) is 11.0. The van der Waals surface area contributed by atoms with E-state index in [-0.39, 0.29) is 0 Å². The largest absolute Gasteiger partial charge is 0.329 e. The maximum Gasteiger partial charge on any atom is 0.0243 e. The average molecular weight is 184 g/mol. The second kappa shape index (κ2) is 5.61. The lowest BCUT2D eigenvalue weighted by atomic mass is 9.96. The quantitative estimate of drug-likeness (QED) is 0.706. The Labute approximate surface area is 82.5 Å². The van der Waals surface area contributed by atoms with Gasteiger partial charge in [0, 0.05) is 12.6 Å². The molecule has 0 aromatic heterocycles. The van der Waals surface area contributed by atoms with Gasteiger partial charge >= 0.3 is 0 Å². The first-order chi connectivity index (χ1) is 6.29. The van der Waals surface area contributed by atoms with Crippen LogP contribution in [-0.4, -0.2) is 30.6 Å². The van der Waals surface area contributed by atoms with Crippen LogP contribution in [0.2, 0.25) is 0 Å². The second-order valence-electron chi connectivity index (χ2n) is 4.31. The Kier molecular flexibility index (Phi) is 4.74. The SMILES string of the molecule is CCCC(C)C(CN)N1CCCC1. The van der Waals surface area contributed by atoms with Crippen LogP contribution >= 0.6 is 0 Å². The van der Waals surface area contributed by atoms with E-state index in [1.165, 1.54) is 38.8 Å². The lowest BCUT2D eigenvalue weighted by molar-refractivity contribution is 0.181. The molecule has 1 fully saturated rings. The van der Waals surface area contributed by atoms with Crippen LogP contribution in [0.5, 0.6) is 0 Å². The van der Waals surface area contributed by atoms with E-state index in [9.17, 15) is 0 Å². The summed E-state index contributed by atoms with van der Waals surface area (Å²) < 4.78 is 0. The molecule has 13 heavy (non-hydrogen) atoms. The number of likely N-dealkylation sites (tertiary alicyclic amines) is 1.